The van der Waals surface area contributed by atoms with Crippen LogP contribution in [-0.4, -0.2) is 23.9 Å². The molecular weight excluding hydrogens is 286 g/mol. The van der Waals surface area contributed by atoms with E-state index in [1.165, 1.54) is 12.0 Å². The Bertz CT molecular complexity index is 592. The third-order valence-corrected chi connectivity index (χ3v) is 4.30. The van der Waals surface area contributed by atoms with E-state index < -0.39 is 0 Å². The molecule has 1 aromatic carbocycles. The SMILES string of the molecule is CCc1ccc(C(C)NC(=O)/C(C#N)=C\N2CCCCC2)cc1. The number of carbonyl (C=O) groups excluding carboxylic acids is 1. The molecule has 4 nitrogen and oxygen atoms in total. The molecule has 1 amide bonds. The van der Waals surface area contributed by atoms with E-state index in [0.29, 0.717) is 0 Å². The third kappa shape index (κ3) is 4.85. The summed E-state index contributed by atoms with van der Waals surface area (Å²) < 4.78 is 0. The monoisotopic (exact) mass is 311 g/mol. The first-order valence-electron chi connectivity index (χ1n) is 8.39. The number of nitriles is 1. The highest BCUT2D eigenvalue weighted by Gasteiger charge is 2.16. The Hall–Kier alpha value is -2.28. The molecule has 1 fully saturated rings. The van der Waals surface area contributed by atoms with Crippen molar-refractivity contribution in [2.24, 2.45) is 0 Å². The van der Waals surface area contributed by atoms with Crippen LogP contribution in [0.4, 0.5) is 0 Å². The summed E-state index contributed by atoms with van der Waals surface area (Å²) in [6.07, 6.45) is 6.18. The van der Waals surface area contributed by atoms with Crippen LogP contribution in [-0.2, 0) is 11.2 Å². The molecule has 1 saturated heterocycles. The van der Waals surface area contributed by atoms with Gasteiger partial charge in [-0.2, -0.15) is 5.26 Å². The number of amides is 1. The quantitative estimate of drug-likeness (QED) is 0.670. The van der Waals surface area contributed by atoms with Crippen molar-refractivity contribution in [1.29, 1.82) is 5.26 Å². The normalized spacial score (nSPS) is 16.6. The van der Waals surface area contributed by atoms with E-state index >= 15 is 0 Å². The Labute approximate surface area is 138 Å². The van der Waals surface area contributed by atoms with Gasteiger partial charge in [-0.3, -0.25) is 4.79 Å². The van der Waals surface area contributed by atoms with Crippen LogP contribution in [0.1, 0.15) is 50.3 Å². The second-order valence-electron chi connectivity index (χ2n) is 6.04. The number of likely N-dealkylation sites (tertiary alicyclic amines) is 1. The molecule has 1 N–H and O–H groups in total. The molecule has 1 aliphatic heterocycles. The Morgan fingerprint density at radius 1 is 1.30 bits per heavy atom. The predicted octanol–water partition coefficient (Wildman–Crippen LogP) is 3.32. The Morgan fingerprint density at radius 2 is 1.96 bits per heavy atom. The van der Waals surface area contributed by atoms with Crippen LogP contribution >= 0.6 is 0 Å². The van der Waals surface area contributed by atoms with Gasteiger partial charge in [0.25, 0.3) is 5.91 Å². The number of hydrogen-bond acceptors (Lipinski definition) is 3. The molecule has 0 aliphatic carbocycles. The molecule has 4 heteroatoms. The lowest BCUT2D eigenvalue weighted by molar-refractivity contribution is -0.117. The van der Waals surface area contributed by atoms with Crippen LogP contribution in [0.5, 0.6) is 0 Å². The molecule has 0 radical (unpaired) electrons. The standard InChI is InChI=1S/C19H25N3O/c1-3-16-7-9-17(10-8-16)15(2)21-19(23)18(13-20)14-22-11-5-4-6-12-22/h7-10,14-15H,3-6,11-12H2,1-2H3,(H,21,23)/b18-14-. The molecule has 23 heavy (non-hydrogen) atoms. The van der Waals surface area contributed by atoms with Crippen molar-refractivity contribution in [2.45, 2.75) is 45.6 Å². The number of nitrogens with zero attached hydrogens (tertiary/aromatic N) is 2. The number of nitrogens with one attached hydrogen (secondary N) is 1. The van der Waals surface area contributed by atoms with Gasteiger partial charge in [0, 0.05) is 19.3 Å². The first kappa shape index (κ1) is 17.1. The maximum atomic E-state index is 12.3. The first-order valence-corrected chi connectivity index (χ1v) is 8.39. The van der Waals surface area contributed by atoms with Crippen LogP contribution in [0.2, 0.25) is 0 Å². The molecule has 1 aromatic rings. The largest absolute Gasteiger partial charge is 0.376 e. The van der Waals surface area contributed by atoms with Crippen molar-refractivity contribution in [3.05, 3.63) is 47.2 Å². The van der Waals surface area contributed by atoms with E-state index in [1.54, 1.807) is 6.20 Å². The maximum Gasteiger partial charge on any atom is 0.263 e. The third-order valence-electron chi connectivity index (χ3n) is 4.30. The van der Waals surface area contributed by atoms with Crippen LogP contribution in [0, 0.1) is 11.3 Å². The summed E-state index contributed by atoms with van der Waals surface area (Å²) in [7, 11) is 0. The molecule has 1 atom stereocenters. The summed E-state index contributed by atoms with van der Waals surface area (Å²) in [5.41, 5.74) is 2.50. The smallest absolute Gasteiger partial charge is 0.263 e. The van der Waals surface area contributed by atoms with Gasteiger partial charge in [0.15, 0.2) is 0 Å². The van der Waals surface area contributed by atoms with Crippen LogP contribution in [0.15, 0.2) is 36.0 Å². The Morgan fingerprint density at radius 3 is 2.52 bits per heavy atom. The second-order valence-corrected chi connectivity index (χ2v) is 6.04. The van der Waals surface area contributed by atoms with Crippen LogP contribution in [0.3, 0.4) is 0 Å². The first-order chi connectivity index (χ1) is 11.1. The summed E-state index contributed by atoms with van der Waals surface area (Å²) in [5.74, 6) is -0.301. The summed E-state index contributed by atoms with van der Waals surface area (Å²) in [6, 6.07) is 10.1. The van der Waals surface area contributed by atoms with E-state index in [2.05, 4.69) is 29.3 Å². The fourth-order valence-electron chi connectivity index (χ4n) is 2.77. The van der Waals surface area contributed by atoms with Crippen molar-refractivity contribution in [3.8, 4) is 6.07 Å². The molecular formula is C19H25N3O. The van der Waals surface area contributed by atoms with Gasteiger partial charge in [-0.1, -0.05) is 31.2 Å². The summed E-state index contributed by atoms with van der Waals surface area (Å²) >= 11 is 0. The number of rotatable bonds is 5. The van der Waals surface area contributed by atoms with Gasteiger partial charge in [-0.15, -0.1) is 0 Å². The molecule has 1 aliphatic rings. The van der Waals surface area contributed by atoms with E-state index in [0.717, 1.165) is 37.9 Å². The molecule has 122 valence electrons. The van der Waals surface area contributed by atoms with Gasteiger partial charge in [0.2, 0.25) is 0 Å². The van der Waals surface area contributed by atoms with Gasteiger partial charge >= 0.3 is 0 Å². The van der Waals surface area contributed by atoms with Gasteiger partial charge in [0.1, 0.15) is 11.6 Å². The zero-order valence-corrected chi connectivity index (χ0v) is 14.0. The number of benzene rings is 1. The molecule has 1 unspecified atom stereocenters. The average molecular weight is 311 g/mol. The fourth-order valence-corrected chi connectivity index (χ4v) is 2.77. The van der Waals surface area contributed by atoms with Gasteiger partial charge in [0.05, 0.1) is 6.04 Å². The Kier molecular flexibility index (Phi) is 6.22. The predicted molar refractivity (Wildman–Crippen MR) is 91.5 cm³/mol. The minimum absolute atomic E-state index is 0.119. The number of hydrogen-bond donors (Lipinski definition) is 1. The van der Waals surface area contributed by atoms with Crippen LogP contribution < -0.4 is 5.32 Å². The topological polar surface area (TPSA) is 56.1 Å². The number of aryl methyl sites for hydroxylation is 1. The van der Waals surface area contributed by atoms with E-state index in [4.69, 9.17) is 0 Å². The van der Waals surface area contributed by atoms with E-state index in [-0.39, 0.29) is 17.5 Å². The summed E-state index contributed by atoms with van der Waals surface area (Å²) in [4.78, 5) is 14.4. The van der Waals surface area contributed by atoms with Crippen molar-refractivity contribution < 1.29 is 4.79 Å². The van der Waals surface area contributed by atoms with E-state index in [9.17, 15) is 10.1 Å². The van der Waals surface area contributed by atoms with Crippen molar-refractivity contribution in [1.82, 2.24) is 10.2 Å². The highest BCUT2D eigenvalue weighted by atomic mass is 16.1. The highest BCUT2D eigenvalue weighted by Crippen LogP contribution is 2.15. The molecule has 1 heterocycles. The van der Waals surface area contributed by atoms with Crippen molar-refractivity contribution >= 4 is 5.91 Å². The molecule has 0 aromatic heterocycles. The maximum absolute atomic E-state index is 12.3. The van der Waals surface area contributed by atoms with Gasteiger partial charge in [-0.05, 0) is 43.7 Å². The zero-order valence-electron chi connectivity index (χ0n) is 14.0. The van der Waals surface area contributed by atoms with E-state index in [1.807, 2.05) is 25.1 Å². The lowest BCUT2D eigenvalue weighted by Gasteiger charge is -2.25. The van der Waals surface area contributed by atoms with Gasteiger partial charge < -0.3 is 10.2 Å². The lowest BCUT2D eigenvalue weighted by Crippen LogP contribution is -2.30. The number of piperidine rings is 1. The van der Waals surface area contributed by atoms with Crippen LogP contribution in [0.25, 0.3) is 0 Å². The molecule has 2 rings (SSSR count). The Balaban J connectivity index is 2.00. The molecule has 0 spiro atoms. The molecule has 0 bridgehead atoms. The minimum atomic E-state index is -0.301. The minimum Gasteiger partial charge on any atom is -0.376 e. The lowest BCUT2D eigenvalue weighted by atomic mass is 10.0. The second kappa shape index (κ2) is 8.38. The summed E-state index contributed by atoms with van der Waals surface area (Å²) in [6.45, 7) is 5.90. The summed E-state index contributed by atoms with van der Waals surface area (Å²) in [5, 5.41) is 12.2. The van der Waals surface area contributed by atoms with Crippen molar-refractivity contribution in [3.63, 3.8) is 0 Å². The fraction of sp³-hybridized carbons (Fsp3) is 0.474. The van der Waals surface area contributed by atoms with Crippen molar-refractivity contribution in [2.75, 3.05) is 13.1 Å². The van der Waals surface area contributed by atoms with Gasteiger partial charge in [-0.25, -0.2) is 0 Å². The zero-order chi connectivity index (χ0) is 16.7. The average Bonchev–Trinajstić information content (AvgIpc) is 2.60. The molecule has 0 saturated carbocycles. The number of carbonyl (C=O) groups is 1. The highest BCUT2D eigenvalue weighted by molar-refractivity contribution is 5.97.